The van der Waals surface area contributed by atoms with Gasteiger partial charge in [-0.15, -0.1) is 0 Å². The van der Waals surface area contributed by atoms with E-state index in [4.69, 9.17) is 9.47 Å². The van der Waals surface area contributed by atoms with Crippen LogP contribution in [0.2, 0.25) is 0 Å². The van der Waals surface area contributed by atoms with Crippen LogP contribution in [0.25, 0.3) is 5.52 Å². The number of rotatable bonds is 6. The number of anilines is 1. The van der Waals surface area contributed by atoms with Gasteiger partial charge in [-0.2, -0.15) is 10.4 Å². The lowest BCUT2D eigenvalue weighted by atomic mass is 9.92. The van der Waals surface area contributed by atoms with Crippen LogP contribution >= 0.6 is 0 Å². The number of fused-ring (bicyclic) bond motifs is 1. The largest absolute Gasteiger partial charge is 0.456 e. The number of aromatic nitrogens is 3. The molecule has 11 nitrogen and oxygen atoms in total. The Bertz CT molecular complexity index is 1250. The van der Waals surface area contributed by atoms with Gasteiger partial charge in [-0.05, 0) is 24.3 Å². The molecule has 3 aromatic rings. The number of nitrogens with one attached hydrogen (secondary N) is 1. The van der Waals surface area contributed by atoms with Crippen LogP contribution in [0.1, 0.15) is 29.9 Å². The molecule has 3 N–H and O–H groups in total. The molecule has 0 bridgehead atoms. The maximum absolute atomic E-state index is 12.6. The summed E-state index contributed by atoms with van der Waals surface area (Å²) >= 11 is 0. The number of ether oxygens (including phenoxy) is 2. The third-order valence-electron chi connectivity index (χ3n) is 5.60. The van der Waals surface area contributed by atoms with E-state index in [-0.39, 0.29) is 11.5 Å². The first-order valence-electron chi connectivity index (χ1n) is 10.6. The number of aliphatic hydroxyl groups is 2. The van der Waals surface area contributed by atoms with Crippen LogP contribution in [0.4, 0.5) is 5.82 Å². The summed E-state index contributed by atoms with van der Waals surface area (Å²) in [7, 11) is 0. The second-order valence-electron chi connectivity index (χ2n) is 8.13. The first-order valence-corrected chi connectivity index (χ1v) is 10.6. The molecular formula is C23H23N5O6. The van der Waals surface area contributed by atoms with Gasteiger partial charge in [0.2, 0.25) is 5.60 Å². The first-order chi connectivity index (χ1) is 16.3. The summed E-state index contributed by atoms with van der Waals surface area (Å²) in [5.41, 5.74) is -1.11. The lowest BCUT2D eigenvalue weighted by Crippen LogP contribution is -2.43. The minimum Gasteiger partial charge on any atom is -0.456 e. The van der Waals surface area contributed by atoms with Crippen molar-refractivity contribution in [1.82, 2.24) is 14.6 Å². The molecule has 1 amide bonds. The number of hydrogen-bond donors (Lipinski definition) is 3. The van der Waals surface area contributed by atoms with E-state index < -0.39 is 48.3 Å². The predicted molar refractivity (Wildman–Crippen MR) is 117 cm³/mol. The number of amides is 1. The number of nitriles is 1. The number of hydrogen-bond acceptors (Lipinski definition) is 9. The van der Waals surface area contributed by atoms with E-state index in [2.05, 4.69) is 15.4 Å². The molecule has 0 radical (unpaired) electrons. The predicted octanol–water partition coefficient (Wildman–Crippen LogP) is 1.02. The number of carbonyl (C=O) groups excluding carboxylic acids is 2. The van der Waals surface area contributed by atoms with Crippen molar-refractivity contribution in [2.75, 3.05) is 11.9 Å². The molecular weight excluding hydrogens is 442 g/mol. The maximum Gasteiger partial charge on any atom is 0.308 e. The summed E-state index contributed by atoms with van der Waals surface area (Å²) in [6.07, 6.45) is -2.84. The van der Waals surface area contributed by atoms with Crippen molar-refractivity contribution < 1.29 is 29.3 Å². The van der Waals surface area contributed by atoms with Crippen molar-refractivity contribution in [3.05, 3.63) is 60.0 Å². The van der Waals surface area contributed by atoms with Gasteiger partial charge in [0.25, 0.3) is 5.91 Å². The number of benzene rings is 1. The normalized spacial score (nSPS) is 24.2. The zero-order valence-electron chi connectivity index (χ0n) is 18.5. The van der Waals surface area contributed by atoms with Gasteiger partial charge in [0.1, 0.15) is 30.1 Å². The Labute approximate surface area is 194 Å². The summed E-state index contributed by atoms with van der Waals surface area (Å²) < 4.78 is 12.5. The van der Waals surface area contributed by atoms with Gasteiger partial charge < -0.3 is 25.0 Å². The first kappa shape index (κ1) is 23.3. The van der Waals surface area contributed by atoms with E-state index in [0.717, 1.165) is 0 Å². The van der Waals surface area contributed by atoms with Crippen LogP contribution in [-0.2, 0) is 19.9 Å². The fraction of sp³-hybridized carbons (Fsp3) is 0.348. The third kappa shape index (κ3) is 3.88. The fourth-order valence-electron chi connectivity index (χ4n) is 3.80. The number of aliphatic hydroxyl groups excluding tert-OH is 2. The van der Waals surface area contributed by atoms with Crippen LogP contribution in [0, 0.1) is 17.2 Å². The van der Waals surface area contributed by atoms with E-state index >= 15 is 0 Å². The highest BCUT2D eigenvalue weighted by molar-refractivity contribution is 6.05. The SMILES string of the molecule is CC(C)C(=O)OC1C(CO)OC(C#N)(c2ccc3c(NC(=O)c4ccccc4)ncnn23)C1O. The topological polar surface area (TPSA) is 159 Å². The molecule has 2 aromatic heterocycles. The standard InChI is InChI=1S/C23H23N5O6/c1-13(2)22(32)33-18-16(10-29)34-23(11-24,19(18)30)17-9-8-15-20(25-12-26-28(15)17)27-21(31)14-6-4-3-5-7-14/h3-9,12-13,16,18-19,29-30H,10H2,1-2H3,(H,25,26,27,31). The molecule has 1 fully saturated rings. The van der Waals surface area contributed by atoms with Crippen LogP contribution in [-0.4, -0.2) is 61.6 Å². The molecule has 11 heteroatoms. The van der Waals surface area contributed by atoms with Crippen molar-refractivity contribution >= 4 is 23.2 Å². The molecule has 1 saturated heterocycles. The monoisotopic (exact) mass is 465 g/mol. The van der Waals surface area contributed by atoms with Crippen molar-refractivity contribution in [2.24, 2.45) is 5.92 Å². The Morgan fingerprint density at radius 2 is 2.03 bits per heavy atom. The average molecular weight is 465 g/mol. The second kappa shape index (κ2) is 9.18. The van der Waals surface area contributed by atoms with E-state index in [1.54, 1.807) is 50.2 Å². The lowest BCUT2D eigenvalue weighted by Gasteiger charge is -2.25. The third-order valence-corrected chi connectivity index (χ3v) is 5.60. The van der Waals surface area contributed by atoms with Crippen molar-refractivity contribution in [2.45, 2.75) is 37.8 Å². The molecule has 1 aliphatic heterocycles. The summed E-state index contributed by atoms with van der Waals surface area (Å²) in [4.78, 5) is 28.9. The van der Waals surface area contributed by atoms with Crippen molar-refractivity contribution in [1.29, 1.82) is 5.26 Å². The zero-order chi connectivity index (χ0) is 24.5. The molecule has 4 rings (SSSR count). The number of nitrogens with zero attached hydrogens (tertiary/aromatic N) is 4. The van der Waals surface area contributed by atoms with Gasteiger partial charge in [-0.3, -0.25) is 9.59 Å². The molecule has 34 heavy (non-hydrogen) atoms. The Morgan fingerprint density at radius 1 is 1.29 bits per heavy atom. The lowest BCUT2D eigenvalue weighted by molar-refractivity contribution is -0.160. The molecule has 4 unspecified atom stereocenters. The quantitative estimate of drug-likeness (QED) is 0.452. The van der Waals surface area contributed by atoms with E-state index in [9.17, 15) is 25.1 Å². The van der Waals surface area contributed by atoms with Gasteiger partial charge in [-0.1, -0.05) is 32.0 Å². The molecule has 3 heterocycles. The van der Waals surface area contributed by atoms with E-state index in [1.165, 1.54) is 16.9 Å². The Morgan fingerprint density at radius 3 is 2.68 bits per heavy atom. The number of carbonyl (C=O) groups is 2. The summed E-state index contributed by atoms with van der Waals surface area (Å²) in [5.74, 6) is -1.30. The summed E-state index contributed by atoms with van der Waals surface area (Å²) in [5, 5.41) is 37.8. The molecule has 1 aromatic carbocycles. The van der Waals surface area contributed by atoms with Gasteiger partial charge in [0, 0.05) is 5.56 Å². The van der Waals surface area contributed by atoms with Crippen LogP contribution in [0.3, 0.4) is 0 Å². The van der Waals surface area contributed by atoms with Gasteiger partial charge in [0.05, 0.1) is 18.2 Å². The highest BCUT2D eigenvalue weighted by Crippen LogP contribution is 2.41. The molecule has 0 aliphatic carbocycles. The van der Waals surface area contributed by atoms with Crippen molar-refractivity contribution in [3.8, 4) is 6.07 Å². The van der Waals surface area contributed by atoms with Crippen molar-refractivity contribution in [3.63, 3.8) is 0 Å². The van der Waals surface area contributed by atoms with Crippen LogP contribution in [0.15, 0.2) is 48.8 Å². The zero-order valence-corrected chi connectivity index (χ0v) is 18.5. The highest BCUT2D eigenvalue weighted by Gasteiger charge is 2.59. The Balaban J connectivity index is 1.71. The Hall–Kier alpha value is -3.85. The fourth-order valence-corrected chi connectivity index (χ4v) is 3.80. The molecule has 176 valence electrons. The second-order valence-corrected chi connectivity index (χ2v) is 8.13. The summed E-state index contributed by atoms with van der Waals surface area (Å²) in [6, 6.07) is 13.6. The van der Waals surface area contributed by atoms with E-state index in [1.807, 2.05) is 6.07 Å². The minimum absolute atomic E-state index is 0.122. The highest BCUT2D eigenvalue weighted by atomic mass is 16.6. The van der Waals surface area contributed by atoms with Crippen LogP contribution in [0.5, 0.6) is 0 Å². The molecule has 4 atom stereocenters. The summed E-state index contributed by atoms with van der Waals surface area (Å²) in [6.45, 7) is 2.66. The van der Waals surface area contributed by atoms with Gasteiger partial charge >= 0.3 is 5.97 Å². The molecule has 1 aliphatic rings. The smallest absolute Gasteiger partial charge is 0.308 e. The maximum atomic E-state index is 12.6. The van der Waals surface area contributed by atoms with Gasteiger partial charge in [0.15, 0.2) is 11.9 Å². The Kier molecular flexibility index (Phi) is 6.30. The average Bonchev–Trinajstić information content (AvgIpc) is 3.40. The minimum atomic E-state index is -2.00. The van der Waals surface area contributed by atoms with E-state index in [0.29, 0.717) is 11.1 Å². The number of esters is 1. The molecule has 0 spiro atoms. The molecule has 0 saturated carbocycles. The van der Waals surface area contributed by atoms with Gasteiger partial charge in [-0.25, -0.2) is 9.50 Å². The van der Waals surface area contributed by atoms with Crippen LogP contribution < -0.4 is 5.32 Å².